The van der Waals surface area contributed by atoms with Crippen molar-refractivity contribution in [3.63, 3.8) is 0 Å². The van der Waals surface area contributed by atoms with E-state index in [1.807, 2.05) is 50.9 Å². The van der Waals surface area contributed by atoms with Crippen LogP contribution in [-0.4, -0.2) is 70.8 Å². The molecule has 3 aliphatic rings. The molecule has 3 aliphatic heterocycles. The Kier molecular flexibility index (Phi) is 6.31. The number of halogens is 2. The number of nitrogens with zero attached hydrogens (tertiary/aromatic N) is 4. The quantitative estimate of drug-likeness (QED) is 0.502. The van der Waals surface area contributed by atoms with Gasteiger partial charge in [-0.3, -0.25) is 9.69 Å². The number of piperidine rings is 1. The monoisotopic (exact) mass is 510 g/mol. The third kappa shape index (κ3) is 4.55. The SMILES string of the molecule is O=C(c1nn(-c2ccc(CN3CCCC(F)(F)C3)cc2)c2c1CSc1ccccc1-2)N1CCOCC1. The number of aromatic nitrogens is 2. The zero-order valence-corrected chi connectivity index (χ0v) is 20.8. The van der Waals surface area contributed by atoms with E-state index in [1.54, 1.807) is 11.8 Å². The summed E-state index contributed by atoms with van der Waals surface area (Å²) >= 11 is 1.72. The van der Waals surface area contributed by atoms with Crippen LogP contribution in [0.2, 0.25) is 0 Å². The second-order valence-electron chi connectivity index (χ2n) is 9.61. The van der Waals surface area contributed by atoms with E-state index < -0.39 is 5.92 Å². The van der Waals surface area contributed by atoms with Crippen LogP contribution in [-0.2, 0) is 17.0 Å². The van der Waals surface area contributed by atoms with Crippen LogP contribution in [0.15, 0.2) is 53.4 Å². The van der Waals surface area contributed by atoms with Crippen LogP contribution in [0, 0.1) is 0 Å². The molecule has 1 amide bonds. The Hall–Kier alpha value is -2.75. The van der Waals surface area contributed by atoms with E-state index in [-0.39, 0.29) is 18.9 Å². The van der Waals surface area contributed by atoms with Crippen molar-refractivity contribution in [1.29, 1.82) is 0 Å². The van der Waals surface area contributed by atoms with Crippen molar-refractivity contribution in [3.8, 4) is 16.9 Å². The summed E-state index contributed by atoms with van der Waals surface area (Å²) in [5.41, 5.74) is 5.30. The lowest BCUT2D eigenvalue weighted by Crippen LogP contribution is -2.41. The number of carbonyl (C=O) groups excluding carboxylic acids is 1. The van der Waals surface area contributed by atoms with Crippen molar-refractivity contribution < 1.29 is 18.3 Å². The largest absolute Gasteiger partial charge is 0.378 e. The zero-order chi connectivity index (χ0) is 24.7. The topological polar surface area (TPSA) is 50.6 Å². The highest BCUT2D eigenvalue weighted by atomic mass is 32.2. The molecule has 2 aromatic carbocycles. The summed E-state index contributed by atoms with van der Waals surface area (Å²) in [6.07, 6.45) is 0.486. The van der Waals surface area contributed by atoms with Gasteiger partial charge < -0.3 is 9.64 Å². The third-order valence-electron chi connectivity index (χ3n) is 7.06. The summed E-state index contributed by atoms with van der Waals surface area (Å²) < 4.78 is 35.0. The van der Waals surface area contributed by atoms with Gasteiger partial charge in [-0.2, -0.15) is 5.10 Å². The Bertz CT molecular complexity index is 1270. The van der Waals surface area contributed by atoms with Gasteiger partial charge in [-0.05, 0) is 36.7 Å². The van der Waals surface area contributed by atoms with Gasteiger partial charge in [0.15, 0.2) is 5.69 Å². The number of benzene rings is 2. The summed E-state index contributed by atoms with van der Waals surface area (Å²) in [6.45, 7) is 3.19. The number of morpholine rings is 1. The zero-order valence-electron chi connectivity index (χ0n) is 20.0. The molecule has 0 aliphatic carbocycles. The standard InChI is InChI=1S/C27H28F2N4O2S/c28-27(29)10-3-11-31(18-27)16-19-6-8-20(9-7-19)33-25-21-4-1-2-5-23(21)36-17-22(25)24(30-33)26(34)32-12-14-35-15-13-32/h1-2,4-9H,3,10-18H2. The van der Waals surface area contributed by atoms with Crippen molar-refractivity contribution in [2.45, 2.75) is 36.0 Å². The Morgan fingerprint density at radius 1 is 1.06 bits per heavy atom. The number of ether oxygens (including phenoxy) is 1. The smallest absolute Gasteiger partial charge is 0.274 e. The molecule has 0 bridgehead atoms. The predicted molar refractivity (Wildman–Crippen MR) is 135 cm³/mol. The lowest BCUT2D eigenvalue weighted by molar-refractivity contribution is -0.0661. The number of hydrogen-bond acceptors (Lipinski definition) is 5. The highest BCUT2D eigenvalue weighted by Crippen LogP contribution is 2.43. The minimum absolute atomic E-state index is 0.0296. The Morgan fingerprint density at radius 2 is 1.83 bits per heavy atom. The second kappa shape index (κ2) is 9.61. The van der Waals surface area contributed by atoms with Gasteiger partial charge in [0.1, 0.15) is 0 Å². The molecule has 0 N–H and O–H groups in total. The Balaban J connectivity index is 1.34. The molecule has 6 nitrogen and oxygen atoms in total. The van der Waals surface area contributed by atoms with Gasteiger partial charge in [-0.25, -0.2) is 13.5 Å². The van der Waals surface area contributed by atoms with E-state index in [2.05, 4.69) is 12.1 Å². The molecule has 0 unspecified atom stereocenters. The number of likely N-dealkylation sites (tertiary alicyclic amines) is 1. The van der Waals surface area contributed by atoms with Crippen LogP contribution in [0.3, 0.4) is 0 Å². The van der Waals surface area contributed by atoms with Crippen LogP contribution >= 0.6 is 11.8 Å². The average Bonchev–Trinajstić information content (AvgIpc) is 3.29. The first-order valence-electron chi connectivity index (χ1n) is 12.4. The first-order chi connectivity index (χ1) is 17.5. The highest BCUT2D eigenvalue weighted by molar-refractivity contribution is 7.98. The fourth-order valence-corrected chi connectivity index (χ4v) is 6.33. The number of fused-ring (bicyclic) bond motifs is 3. The Labute approximate surface area is 213 Å². The van der Waals surface area contributed by atoms with Gasteiger partial charge in [0.25, 0.3) is 11.8 Å². The molecule has 36 heavy (non-hydrogen) atoms. The number of thioether (sulfide) groups is 1. The van der Waals surface area contributed by atoms with E-state index >= 15 is 0 Å². The van der Waals surface area contributed by atoms with Gasteiger partial charge in [0.2, 0.25) is 0 Å². The normalized spacial score (nSPS) is 19.6. The van der Waals surface area contributed by atoms with Crippen LogP contribution in [0.25, 0.3) is 16.9 Å². The minimum Gasteiger partial charge on any atom is -0.378 e. The van der Waals surface area contributed by atoms with Crippen LogP contribution in [0.5, 0.6) is 0 Å². The summed E-state index contributed by atoms with van der Waals surface area (Å²) in [5, 5.41) is 4.86. The summed E-state index contributed by atoms with van der Waals surface area (Å²) in [7, 11) is 0. The van der Waals surface area contributed by atoms with Gasteiger partial charge in [0.05, 0.1) is 31.1 Å². The van der Waals surface area contributed by atoms with E-state index in [0.29, 0.717) is 57.3 Å². The Morgan fingerprint density at radius 3 is 2.61 bits per heavy atom. The first kappa shape index (κ1) is 23.6. The lowest BCUT2D eigenvalue weighted by Gasteiger charge is -2.32. The van der Waals surface area contributed by atoms with E-state index in [4.69, 9.17) is 9.84 Å². The molecule has 4 heterocycles. The maximum Gasteiger partial charge on any atom is 0.274 e. The number of rotatable bonds is 4. The minimum atomic E-state index is -2.61. The van der Waals surface area contributed by atoms with Gasteiger partial charge in [0, 0.05) is 47.8 Å². The van der Waals surface area contributed by atoms with Crippen LogP contribution < -0.4 is 0 Å². The first-order valence-corrected chi connectivity index (χ1v) is 13.4. The molecule has 9 heteroatoms. The number of amides is 1. The molecule has 0 saturated carbocycles. The average molecular weight is 511 g/mol. The molecule has 2 saturated heterocycles. The summed E-state index contributed by atoms with van der Waals surface area (Å²) in [5.74, 6) is -1.99. The molecule has 1 aromatic heterocycles. The van der Waals surface area contributed by atoms with Crippen molar-refractivity contribution in [3.05, 3.63) is 65.4 Å². The number of hydrogen-bond donors (Lipinski definition) is 0. The maximum atomic E-state index is 13.8. The molecule has 188 valence electrons. The van der Waals surface area contributed by atoms with E-state index in [0.717, 1.165) is 28.1 Å². The molecule has 6 rings (SSSR count). The second-order valence-corrected chi connectivity index (χ2v) is 10.6. The fourth-order valence-electron chi connectivity index (χ4n) is 5.26. The highest BCUT2D eigenvalue weighted by Gasteiger charge is 2.35. The molecular weight excluding hydrogens is 482 g/mol. The number of alkyl halides is 2. The number of carbonyl (C=O) groups is 1. The third-order valence-corrected chi connectivity index (χ3v) is 8.16. The molecule has 3 aromatic rings. The van der Waals surface area contributed by atoms with Crippen molar-refractivity contribution >= 4 is 17.7 Å². The maximum absolute atomic E-state index is 13.8. The molecule has 0 radical (unpaired) electrons. The van der Waals surface area contributed by atoms with Gasteiger partial charge >= 0.3 is 0 Å². The van der Waals surface area contributed by atoms with Crippen molar-refractivity contribution in [2.75, 3.05) is 39.4 Å². The van der Waals surface area contributed by atoms with E-state index in [9.17, 15) is 13.6 Å². The molecule has 2 fully saturated rings. The summed E-state index contributed by atoms with van der Waals surface area (Å²) in [4.78, 5) is 18.3. The van der Waals surface area contributed by atoms with Crippen LogP contribution in [0.4, 0.5) is 8.78 Å². The lowest BCUT2D eigenvalue weighted by atomic mass is 10.0. The van der Waals surface area contributed by atoms with E-state index in [1.165, 1.54) is 4.90 Å². The molecule has 0 atom stereocenters. The molecule has 0 spiro atoms. The van der Waals surface area contributed by atoms with Crippen molar-refractivity contribution in [2.24, 2.45) is 0 Å². The summed E-state index contributed by atoms with van der Waals surface area (Å²) in [6, 6.07) is 16.1. The van der Waals surface area contributed by atoms with Crippen LogP contribution in [0.1, 0.15) is 34.5 Å². The predicted octanol–water partition coefficient (Wildman–Crippen LogP) is 4.85. The van der Waals surface area contributed by atoms with Gasteiger partial charge in [-0.1, -0.05) is 30.3 Å². The van der Waals surface area contributed by atoms with Crippen molar-refractivity contribution in [1.82, 2.24) is 19.6 Å². The van der Waals surface area contributed by atoms with Gasteiger partial charge in [-0.15, -0.1) is 11.8 Å². The fraction of sp³-hybridized carbons (Fsp3) is 0.407. The molecular formula is C27H28F2N4O2S.